The van der Waals surface area contributed by atoms with E-state index in [0.717, 1.165) is 10.5 Å². The zero-order valence-corrected chi connectivity index (χ0v) is 16.2. The molecule has 1 aliphatic rings. The summed E-state index contributed by atoms with van der Waals surface area (Å²) >= 11 is 0. The summed E-state index contributed by atoms with van der Waals surface area (Å²) in [7, 11) is 1.48. The van der Waals surface area contributed by atoms with Crippen molar-refractivity contribution in [1.82, 2.24) is 4.90 Å². The molecule has 0 fully saturated rings. The number of carbonyl (C=O) groups is 2. The van der Waals surface area contributed by atoms with E-state index in [1.807, 2.05) is 30.3 Å². The van der Waals surface area contributed by atoms with Crippen LogP contribution in [-0.2, 0) is 25.5 Å². The van der Waals surface area contributed by atoms with Gasteiger partial charge in [-0.15, -0.1) is 0 Å². The quantitative estimate of drug-likeness (QED) is 0.842. The van der Waals surface area contributed by atoms with Crippen LogP contribution >= 0.6 is 0 Å². The van der Waals surface area contributed by atoms with Gasteiger partial charge in [-0.3, -0.25) is 4.79 Å². The van der Waals surface area contributed by atoms with Crippen LogP contribution in [0.4, 0.5) is 4.79 Å². The Morgan fingerprint density at radius 2 is 2.00 bits per heavy atom. The van der Waals surface area contributed by atoms with Gasteiger partial charge < -0.3 is 20.0 Å². The number of methoxy groups -OCH3 is 1. The van der Waals surface area contributed by atoms with Crippen molar-refractivity contribution in [3.63, 3.8) is 0 Å². The Kier molecular flexibility index (Phi) is 6.79. The molecular weight excluding hydrogens is 350 g/mol. The molecule has 2 atom stereocenters. The molecule has 1 aromatic carbocycles. The molecule has 0 aliphatic carbocycles. The van der Waals surface area contributed by atoms with Crippen molar-refractivity contribution < 1.29 is 23.9 Å². The predicted octanol–water partition coefficient (Wildman–Crippen LogP) is 2.07. The highest BCUT2D eigenvalue weighted by molar-refractivity contribution is 5.95. The van der Waals surface area contributed by atoms with Crippen molar-refractivity contribution in [2.75, 3.05) is 13.7 Å². The van der Waals surface area contributed by atoms with E-state index in [9.17, 15) is 9.59 Å². The van der Waals surface area contributed by atoms with Crippen LogP contribution in [0.3, 0.4) is 0 Å². The first-order chi connectivity index (χ1) is 12.7. The number of hydrogen-bond acceptors (Lipinski definition) is 7. The van der Waals surface area contributed by atoms with Crippen LogP contribution in [-0.4, -0.2) is 54.2 Å². The Hall–Kier alpha value is -2.61. The first kappa shape index (κ1) is 20.7. The van der Waals surface area contributed by atoms with Gasteiger partial charge in [-0.05, 0) is 32.8 Å². The maximum absolute atomic E-state index is 12.9. The highest BCUT2D eigenvalue weighted by Gasteiger charge is 2.35. The molecule has 0 aromatic heterocycles. The number of rotatable bonds is 5. The van der Waals surface area contributed by atoms with Crippen LogP contribution < -0.4 is 5.73 Å². The largest absolute Gasteiger partial charge is 0.482 e. The number of imide groups is 1. The molecule has 0 radical (unpaired) electrons. The molecule has 27 heavy (non-hydrogen) atoms. The van der Waals surface area contributed by atoms with Gasteiger partial charge in [0.25, 0.3) is 0 Å². The lowest BCUT2D eigenvalue weighted by Crippen LogP contribution is -2.51. The number of benzene rings is 1. The lowest BCUT2D eigenvalue weighted by molar-refractivity contribution is -0.133. The van der Waals surface area contributed by atoms with E-state index in [-0.39, 0.29) is 6.54 Å². The van der Waals surface area contributed by atoms with E-state index < -0.39 is 29.7 Å². The van der Waals surface area contributed by atoms with Gasteiger partial charge >= 0.3 is 6.09 Å². The first-order valence-electron chi connectivity index (χ1n) is 8.80. The predicted molar refractivity (Wildman–Crippen MR) is 100 cm³/mol. The van der Waals surface area contributed by atoms with Gasteiger partial charge in [-0.2, -0.15) is 0 Å². The zero-order valence-electron chi connectivity index (χ0n) is 16.2. The van der Waals surface area contributed by atoms with E-state index in [1.165, 1.54) is 7.11 Å². The molecule has 8 heteroatoms. The highest BCUT2D eigenvalue weighted by atomic mass is 16.7. The molecule has 0 saturated heterocycles. The summed E-state index contributed by atoms with van der Waals surface area (Å²) in [6.45, 7) is 5.17. The molecule has 0 spiro atoms. The fraction of sp³-hybridized carbons (Fsp3) is 0.526. The fourth-order valence-corrected chi connectivity index (χ4v) is 2.55. The smallest absolute Gasteiger partial charge is 0.417 e. The van der Waals surface area contributed by atoms with Crippen molar-refractivity contribution in [2.24, 2.45) is 10.9 Å². The molecule has 8 nitrogen and oxygen atoms in total. The third-order valence-corrected chi connectivity index (χ3v) is 3.82. The Morgan fingerprint density at radius 1 is 1.33 bits per heavy atom. The highest BCUT2D eigenvalue weighted by Crippen LogP contribution is 2.17. The van der Waals surface area contributed by atoms with Gasteiger partial charge in [0.2, 0.25) is 11.8 Å². The minimum absolute atomic E-state index is 0.0212. The minimum atomic E-state index is -0.885. The number of carbonyl (C=O) groups excluding carboxylic acids is 2. The summed E-state index contributed by atoms with van der Waals surface area (Å²) in [5, 5.41) is 3.77. The third-order valence-electron chi connectivity index (χ3n) is 3.82. The molecule has 2 amide bonds. The minimum Gasteiger partial charge on any atom is -0.482 e. The summed E-state index contributed by atoms with van der Waals surface area (Å²) in [4.78, 5) is 31.7. The maximum Gasteiger partial charge on any atom is 0.417 e. The normalized spacial score (nSPS) is 17.5. The third kappa shape index (κ3) is 6.25. The van der Waals surface area contributed by atoms with Crippen LogP contribution in [0.1, 0.15) is 32.8 Å². The average molecular weight is 377 g/mol. The van der Waals surface area contributed by atoms with Crippen molar-refractivity contribution in [2.45, 2.75) is 51.4 Å². The standard InChI is InChI=1S/C19H27N3O5/c1-19(2,3)26-18(24)22(12-14-11-16(25-4)21-27-14)17(23)15(20)10-13-8-6-5-7-9-13/h5-9,14-15H,10-12,20H2,1-4H3/t14?,15-/m0/s1. The molecule has 148 valence electrons. The monoisotopic (exact) mass is 377 g/mol. The lowest BCUT2D eigenvalue weighted by atomic mass is 10.1. The molecule has 1 unspecified atom stereocenters. The molecular formula is C19H27N3O5. The van der Waals surface area contributed by atoms with Gasteiger partial charge in [0.1, 0.15) is 5.60 Å². The van der Waals surface area contributed by atoms with E-state index >= 15 is 0 Å². The van der Waals surface area contributed by atoms with Gasteiger partial charge in [-0.25, -0.2) is 9.69 Å². The van der Waals surface area contributed by atoms with Crippen molar-refractivity contribution >= 4 is 17.9 Å². The van der Waals surface area contributed by atoms with Crippen LogP contribution in [0.2, 0.25) is 0 Å². The van der Waals surface area contributed by atoms with Crippen molar-refractivity contribution in [3.8, 4) is 0 Å². The van der Waals surface area contributed by atoms with Crippen molar-refractivity contribution in [3.05, 3.63) is 35.9 Å². The molecule has 2 rings (SSSR count). The summed E-state index contributed by atoms with van der Waals surface area (Å²) in [5.41, 5.74) is 6.25. The van der Waals surface area contributed by atoms with E-state index in [1.54, 1.807) is 20.8 Å². The maximum atomic E-state index is 12.9. The SMILES string of the molecule is COC1=NOC(CN(C(=O)OC(C)(C)C)C(=O)[C@@H](N)Cc2ccccc2)C1. The summed E-state index contributed by atoms with van der Waals surface area (Å²) < 4.78 is 10.4. The van der Waals surface area contributed by atoms with Crippen LogP contribution in [0, 0.1) is 0 Å². The average Bonchev–Trinajstić information content (AvgIpc) is 3.06. The topological polar surface area (TPSA) is 103 Å². The van der Waals surface area contributed by atoms with Gasteiger partial charge in [-0.1, -0.05) is 35.5 Å². The number of nitrogens with two attached hydrogens (primary N) is 1. The van der Waals surface area contributed by atoms with E-state index in [4.69, 9.17) is 20.0 Å². The number of nitrogens with zero attached hydrogens (tertiary/aromatic N) is 2. The van der Waals surface area contributed by atoms with Gasteiger partial charge in [0, 0.05) is 0 Å². The van der Waals surface area contributed by atoms with Crippen LogP contribution in [0.15, 0.2) is 35.5 Å². The number of oxime groups is 1. The second-order valence-electron chi connectivity index (χ2n) is 7.35. The molecule has 0 saturated carbocycles. The number of ether oxygens (including phenoxy) is 2. The van der Waals surface area contributed by atoms with Gasteiger partial charge in [0.05, 0.1) is 26.1 Å². The second kappa shape index (κ2) is 8.85. The van der Waals surface area contributed by atoms with Crippen LogP contribution in [0.25, 0.3) is 0 Å². The molecule has 1 aromatic rings. The summed E-state index contributed by atoms with van der Waals surface area (Å²) in [6, 6.07) is 8.49. The van der Waals surface area contributed by atoms with Crippen molar-refractivity contribution in [1.29, 1.82) is 0 Å². The van der Waals surface area contributed by atoms with E-state index in [0.29, 0.717) is 18.7 Å². The second-order valence-corrected chi connectivity index (χ2v) is 7.35. The summed E-state index contributed by atoms with van der Waals surface area (Å²) in [5.74, 6) is -0.118. The number of amides is 2. The Morgan fingerprint density at radius 3 is 2.56 bits per heavy atom. The van der Waals surface area contributed by atoms with Gasteiger partial charge in [0.15, 0.2) is 6.10 Å². The fourth-order valence-electron chi connectivity index (χ4n) is 2.55. The Balaban J connectivity index is 2.10. The zero-order chi connectivity index (χ0) is 20.0. The molecule has 2 N–H and O–H groups in total. The Labute approximate surface area is 159 Å². The Bertz CT molecular complexity index is 684. The van der Waals surface area contributed by atoms with Crippen LogP contribution in [0.5, 0.6) is 0 Å². The summed E-state index contributed by atoms with van der Waals surface area (Å²) in [6.07, 6.45) is -0.591. The number of hydrogen-bond donors (Lipinski definition) is 1. The molecule has 1 heterocycles. The molecule has 1 aliphatic heterocycles. The molecule has 0 bridgehead atoms. The lowest BCUT2D eigenvalue weighted by Gasteiger charge is -2.28. The van der Waals surface area contributed by atoms with E-state index in [2.05, 4.69) is 5.16 Å². The first-order valence-corrected chi connectivity index (χ1v) is 8.80.